The van der Waals surface area contributed by atoms with Gasteiger partial charge in [-0.2, -0.15) is 0 Å². The second-order valence-corrected chi connectivity index (χ2v) is 7.15. The summed E-state index contributed by atoms with van der Waals surface area (Å²) in [7, 11) is 1.24. The van der Waals surface area contributed by atoms with Crippen molar-refractivity contribution in [1.29, 1.82) is 0 Å². The average Bonchev–Trinajstić information content (AvgIpc) is 3.13. The van der Waals surface area contributed by atoms with Crippen LogP contribution in [0.3, 0.4) is 0 Å². The molecule has 28 heavy (non-hydrogen) atoms. The summed E-state index contributed by atoms with van der Waals surface area (Å²) in [5.41, 5.74) is 3.26. The summed E-state index contributed by atoms with van der Waals surface area (Å²) in [4.78, 5) is 34.8. The molecule has 1 aromatic carbocycles. The van der Waals surface area contributed by atoms with E-state index in [9.17, 15) is 9.59 Å². The molecule has 0 spiro atoms. The van der Waals surface area contributed by atoms with Gasteiger partial charge < -0.3 is 9.72 Å². The van der Waals surface area contributed by atoms with Gasteiger partial charge in [0.1, 0.15) is 0 Å². The number of carbonyl (C=O) groups is 2. The number of ketones is 1. The first-order valence-corrected chi connectivity index (χ1v) is 9.53. The van der Waals surface area contributed by atoms with Gasteiger partial charge in [-0.3, -0.25) is 14.7 Å². The van der Waals surface area contributed by atoms with Crippen molar-refractivity contribution in [3.63, 3.8) is 0 Å². The third-order valence-corrected chi connectivity index (χ3v) is 5.44. The van der Waals surface area contributed by atoms with E-state index in [0.29, 0.717) is 5.56 Å². The number of piperidine rings is 1. The number of benzene rings is 1. The van der Waals surface area contributed by atoms with Gasteiger partial charge in [0.25, 0.3) is 5.78 Å². The van der Waals surface area contributed by atoms with Crippen molar-refractivity contribution in [1.82, 2.24) is 14.9 Å². The molecule has 1 fully saturated rings. The van der Waals surface area contributed by atoms with E-state index in [1.54, 1.807) is 0 Å². The molecule has 4 rings (SSSR count). The molecule has 1 saturated heterocycles. The lowest BCUT2D eigenvalue weighted by Gasteiger charge is -2.31. The van der Waals surface area contributed by atoms with Crippen molar-refractivity contribution < 1.29 is 14.3 Å². The Morgan fingerprint density at radius 1 is 1.14 bits per heavy atom. The summed E-state index contributed by atoms with van der Waals surface area (Å²) >= 11 is 0. The summed E-state index contributed by atoms with van der Waals surface area (Å²) in [5.74, 6) is -1.19. The molecule has 1 aliphatic heterocycles. The summed E-state index contributed by atoms with van der Waals surface area (Å²) in [6.45, 7) is 2.67. The Morgan fingerprint density at radius 3 is 2.61 bits per heavy atom. The van der Waals surface area contributed by atoms with Gasteiger partial charge in [-0.05, 0) is 44.1 Å². The normalized spacial score (nSPS) is 15.6. The zero-order chi connectivity index (χ0) is 19.5. The number of para-hydroxylation sites is 1. The van der Waals surface area contributed by atoms with Crippen LogP contribution >= 0.6 is 0 Å². The van der Waals surface area contributed by atoms with E-state index in [-0.39, 0.29) is 5.92 Å². The molecule has 0 aliphatic carbocycles. The third kappa shape index (κ3) is 3.55. The van der Waals surface area contributed by atoms with Gasteiger partial charge in [-0.25, -0.2) is 4.79 Å². The predicted octanol–water partition coefficient (Wildman–Crippen LogP) is 3.30. The SMILES string of the molecule is COC(=O)C(=O)c1c(C2CCN(Cc3ccccn3)CC2)[nH]c2ccccc12. The molecule has 0 unspecified atom stereocenters. The molecule has 6 nitrogen and oxygen atoms in total. The minimum atomic E-state index is -0.821. The Bertz CT molecular complexity index is 989. The number of carbonyl (C=O) groups excluding carboxylic acids is 2. The molecule has 0 saturated carbocycles. The fourth-order valence-electron chi connectivity index (χ4n) is 4.01. The highest BCUT2D eigenvalue weighted by Crippen LogP contribution is 2.34. The van der Waals surface area contributed by atoms with Crippen molar-refractivity contribution in [3.8, 4) is 0 Å². The van der Waals surface area contributed by atoms with Gasteiger partial charge in [0.15, 0.2) is 0 Å². The van der Waals surface area contributed by atoms with E-state index in [2.05, 4.69) is 14.9 Å². The maximum absolute atomic E-state index is 12.7. The zero-order valence-corrected chi connectivity index (χ0v) is 15.9. The molecule has 2 aromatic heterocycles. The first-order valence-electron chi connectivity index (χ1n) is 9.53. The number of hydrogen-bond acceptors (Lipinski definition) is 5. The highest BCUT2D eigenvalue weighted by molar-refractivity contribution is 6.43. The molecule has 1 aliphatic rings. The fraction of sp³-hybridized carbons (Fsp3) is 0.318. The van der Waals surface area contributed by atoms with E-state index in [1.807, 2.05) is 48.7 Å². The molecule has 3 aromatic rings. The molecule has 0 amide bonds. The number of Topliss-reactive ketones (excluding diaryl/α,β-unsaturated/α-hetero) is 1. The quantitative estimate of drug-likeness (QED) is 0.419. The van der Waals surface area contributed by atoms with Crippen molar-refractivity contribution >= 4 is 22.7 Å². The van der Waals surface area contributed by atoms with E-state index >= 15 is 0 Å². The number of ether oxygens (including phenoxy) is 1. The smallest absolute Gasteiger partial charge is 0.379 e. The number of aromatic amines is 1. The molecule has 0 bridgehead atoms. The van der Waals surface area contributed by atoms with E-state index in [1.165, 1.54) is 7.11 Å². The van der Waals surface area contributed by atoms with Crippen LogP contribution in [0.5, 0.6) is 0 Å². The molecular weight excluding hydrogens is 354 g/mol. The van der Waals surface area contributed by atoms with Crippen LogP contribution in [-0.4, -0.2) is 46.8 Å². The topological polar surface area (TPSA) is 75.3 Å². The summed E-state index contributed by atoms with van der Waals surface area (Å²) < 4.78 is 4.69. The molecule has 3 heterocycles. The Hall–Kier alpha value is -2.99. The second kappa shape index (κ2) is 7.94. The number of H-pyrrole nitrogens is 1. The predicted molar refractivity (Wildman–Crippen MR) is 106 cm³/mol. The van der Waals surface area contributed by atoms with Crippen LogP contribution in [-0.2, 0) is 16.1 Å². The number of fused-ring (bicyclic) bond motifs is 1. The number of nitrogens with one attached hydrogen (secondary N) is 1. The first kappa shape index (κ1) is 18.4. The number of rotatable bonds is 5. The lowest BCUT2D eigenvalue weighted by molar-refractivity contribution is -0.135. The molecule has 0 radical (unpaired) electrons. The van der Waals surface area contributed by atoms with Gasteiger partial charge in [-0.15, -0.1) is 0 Å². The van der Waals surface area contributed by atoms with E-state index in [4.69, 9.17) is 4.74 Å². The molecule has 1 N–H and O–H groups in total. The Labute approximate surface area is 163 Å². The Morgan fingerprint density at radius 2 is 1.89 bits per heavy atom. The molecular formula is C22H23N3O3. The zero-order valence-electron chi connectivity index (χ0n) is 15.9. The van der Waals surface area contributed by atoms with Crippen molar-refractivity contribution in [2.75, 3.05) is 20.2 Å². The largest absolute Gasteiger partial charge is 0.463 e. The van der Waals surface area contributed by atoms with Crippen LogP contribution < -0.4 is 0 Å². The van der Waals surface area contributed by atoms with Crippen LogP contribution in [0, 0.1) is 0 Å². The number of methoxy groups -OCH3 is 1. The fourth-order valence-corrected chi connectivity index (χ4v) is 4.01. The van der Waals surface area contributed by atoms with Crippen molar-refractivity contribution in [2.45, 2.75) is 25.3 Å². The number of likely N-dealkylation sites (tertiary alicyclic amines) is 1. The maximum atomic E-state index is 12.7. The Balaban J connectivity index is 1.56. The van der Waals surface area contributed by atoms with Gasteiger partial charge in [0, 0.05) is 35.3 Å². The Kier molecular flexibility index (Phi) is 5.21. The minimum absolute atomic E-state index is 0.205. The van der Waals surface area contributed by atoms with Gasteiger partial charge in [-0.1, -0.05) is 24.3 Å². The second-order valence-electron chi connectivity index (χ2n) is 7.15. The highest BCUT2D eigenvalue weighted by atomic mass is 16.5. The van der Waals surface area contributed by atoms with Gasteiger partial charge in [0.2, 0.25) is 0 Å². The van der Waals surface area contributed by atoms with E-state index < -0.39 is 11.8 Å². The third-order valence-electron chi connectivity index (χ3n) is 5.44. The molecule has 144 valence electrons. The van der Waals surface area contributed by atoms with Crippen molar-refractivity contribution in [2.24, 2.45) is 0 Å². The maximum Gasteiger partial charge on any atom is 0.379 e. The number of esters is 1. The number of aromatic nitrogens is 2. The van der Waals surface area contributed by atoms with Crippen LogP contribution in [0.4, 0.5) is 0 Å². The minimum Gasteiger partial charge on any atom is -0.463 e. The van der Waals surface area contributed by atoms with Crippen LogP contribution in [0.1, 0.15) is 40.5 Å². The number of hydrogen-bond donors (Lipinski definition) is 1. The highest BCUT2D eigenvalue weighted by Gasteiger charge is 2.30. The lowest BCUT2D eigenvalue weighted by Crippen LogP contribution is -2.33. The number of pyridine rings is 1. The first-order chi connectivity index (χ1) is 13.7. The molecule has 6 heteroatoms. The molecule has 0 atom stereocenters. The lowest BCUT2D eigenvalue weighted by atomic mass is 9.89. The monoisotopic (exact) mass is 377 g/mol. The standard InChI is InChI=1S/C22H23N3O3/c1-28-22(27)21(26)19-17-7-2-3-8-18(17)24-20(19)15-9-12-25(13-10-15)14-16-6-4-5-11-23-16/h2-8,11,15,24H,9-10,12-14H2,1H3. The van der Waals surface area contributed by atoms with E-state index in [0.717, 1.165) is 54.8 Å². The van der Waals surface area contributed by atoms with Gasteiger partial charge >= 0.3 is 5.97 Å². The average molecular weight is 377 g/mol. The van der Waals surface area contributed by atoms with Crippen molar-refractivity contribution in [3.05, 3.63) is 65.6 Å². The van der Waals surface area contributed by atoms with Crippen LogP contribution in [0.2, 0.25) is 0 Å². The summed E-state index contributed by atoms with van der Waals surface area (Å²) in [5, 5.41) is 0.781. The summed E-state index contributed by atoms with van der Waals surface area (Å²) in [6, 6.07) is 13.6. The van der Waals surface area contributed by atoms with Crippen LogP contribution in [0.15, 0.2) is 48.7 Å². The summed E-state index contributed by atoms with van der Waals surface area (Å²) in [6.07, 6.45) is 3.65. The van der Waals surface area contributed by atoms with Gasteiger partial charge in [0.05, 0.1) is 18.4 Å². The van der Waals surface area contributed by atoms with Crippen LogP contribution in [0.25, 0.3) is 10.9 Å². The number of nitrogens with zero attached hydrogens (tertiary/aromatic N) is 2.